The van der Waals surface area contributed by atoms with Crippen LogP contribution in [-0.4, -0.2) is 40.1 Å². The number of rotatable bonds is 3. The number of nitrogens with one attached hydrogen (secondary N) is 1. The van der Waals surface area contributed by atoms with Crippen LogP contribution in [0.3, 0.4) is 0 Å². The summed E-state index contributed by atoms with van der Waals surface area (Å²) in [6.45, 7) is -0.155. The van der Waals surface area contributed by atoms with Crippen molar-refractivity contribution >= 4 is 17.5 Å². The summed E-state index contributed by atoms with van der Waals surface area (Å²) in [4.78, 5) is 26.2. The molecule has 28 heavy (non-hydrogen) atoms. The number of hydrogen-bond donors (Lipinski definition) is 1. The topological polar surface area (TPSA) is 67.2 Å². The fourth-order valence-electron chi connectivity index (χ4n) is 3.36. The van der Waals surface area contributed by atoms with Crippen molar-refractivity contribution in [1.82, 2.24) is 14.7 Å². The normalized spacial score (nSPS) is 20.0. The Labute approximate surface area is 155 Å². The highest BCUT2D eigenvalue weighted by Crippen LogP contribution is 2.41. The Balaban J connectivity index is 1.98. The number of likely N-dealkylation sites (tertiary alicyclic amines) is 1. The Hall–Kier alpha value is -2.98. The number of alkyl halides is 3. The number of amides is 2. The summed E-state index contributed by atoms with van der Waals surface area (Å²) in [5, 5.41) is 5.71. The van der Waals surface area contributed by atoms with Gasteiger partial charge in [-0.25, -0.2) is 8.78 Å². The summed E-state index contributed by atoms with van der Waals surface area (Å²) in [7, 11) is 2.44. The van der Waals surface area contributed by atoms with E-state index in [0.29, 0.717) is 4.68 Å². The van der Waals surface area contributed by atoms with Crippen molar-refractivity contribution in [3.05, 3.63) is 47.3 Å². The highest BCUT2D eigenvalue weighted by Gasteiger charge is 2.49. The van der Waals surface area contributed by atoms with Gasteiger partial charge in [0.25, 0.3) is 0 Å². The van der Waals surface area contributed by atoms with Crippen LogP contribution in [0.1, 0.15) is 17.2 Å². The SMILES string of the molecule is CN1CC(c2cnn(C)c2C(F)(F)F)C(C(=O)Nc2cccc(F)c2F)C1=O. The van der Waals surface area contributed by atoms with E-state index in [4.69, 9.17) is 0 Å². The van der Waals surface area contributed by atoms with E-state index in [-0.39, 0.29) is 12.1 Å². The summed E-state index contributed by atoms with van der Waals surface area (Å²) in [5.74, 6) is -6.99. The third-order valence-electron chi connectivity index (χ3n) is 4.64. The van der Waals surface area contributed by atoms with Gasteiger partial charge in [0.1, 0.15) is 11.6 Å². The number of halogens is 5. The highest BCUT2D eigenvalue weighted by atomic mass is 19.4. The molecule has 3 rings (SSSR count). The van der Waals surface area contributed by atoms with Crippen molar-refractivity contribution in [2.24, 2.45) is 13.0 Å². The van der Waals surface area contributed by atoms with E-state index >= 15 is 0 Å². The smallest absolute Gasteiger partial charge is 0.344 e. The van der Waals surface area contributed by atoms with Gasteiger partial charge in [0.2, 0.25) is 11.8 Å². The van der Waals surface area contributed by atoms with Gasteiger partial charge in [-0.15, -0.1) is 0 Å². The summed E-state index contributed by atoms with van der Waals surface area (Å²) >= 11 is 0. The number of hydrogen-bond acceptors (Lipinski definition) is 3. The Kier molecular flexibility index (Phi) is 4.86. The quantitative estimate of drug-likeness (QED) is 0.634. The van der Waals surface area contributed by atoms with Crippen LogP contribution in [-0.2, 0) is 22.8 Å². The molecule has 2 amide bonds. The van der Waals surface area contributed by atoms with Crippen LogP contribution < -0.4 is 5.32 Å². The summed E-state index contributed by atoms with van der Waals surface area (Å²) in [6, 6.07) is 3.07. The molecule has 0 aliphatic carbocycles. The maximum Gasteiger partial charge on any atom is 0.433 e. The van der Waals surface area contributed by atoms with Crippen LogP contribution in [0, 0.1) is 17.6 Å². The summed E-state index contributed by atoms with van der Waals surface area (Å²) in [5.41, 5.74) is -1.89. The number of benzene rings is 1. The standard InChI is InChI=1S/C17H15F5N4O2/c1-25-7-9(8-6-23-26(2)14(8)17(20,21)22)12(16(25)28)15(27)24-11-5-3-4-10(18)13(11)19/h3-6,9,12H,7H2,1-2H3,(H,24,27). The molecule has 1 N–H and O–H groups in total. The van der Waals surface area contributed by atoms with Gasteiger partial charge in [0.05, 0.1) is 11.9 Å². The predicted molar refractivity (Wildman–Crippen MR) is 87.1 cm³/mol. The average Bonchev–Trinajstić information content (AvgIpc) is 3.12. The molecule has 1 aliphatic heterocycles. The fraction of sp³-hybridized carbons (Fsp3) is 0.353. The van der Waals surface area contributed by atoms with E-state index < -0.39 is 52.8 Å². The molecule has 6 nitrogen and oxygen atoms in total. The second kappa shape index (κ2) is 6.88. The number of likely N-dealkylation sites (N-methyl/N-ethyl adjacent to an activating group) is 1. The van der Waals surface area contributed by atoms with Crippen LogP contribution in [0.15, 0.2) is 24.4 Å². The van der Waals surface area contributed by atoms with Gasteiger partial charge in [-0.2, -0.15) is 18.3 Å². The van der Waals surface area contributed by atoms with Crippen molar-refractivity contribution in [3.63, 3.8) is 0 Å². The Morgan fingerprint density at radius 2 is 1.93 bits per heavy atom. The fourth-order valence-corrected chi connectivity index (χ4v) is 3.36. The summed E-state index contributed by atoms with van der Waals surface area (Å²) < 4.78 is 68.0. The minimum absolute atomic E-state index is 0.155. The zero-order valence-electron chi connectivity index (χ0n) is 14.7. The van der Waals surface area contributed by atoms with Gasteiger partial charge in [0.15, 0.2) is 11.6 Å². The minimum Gasteiger partial charge on any atom is -0.344 e. The number of aryl methyl sites for hydroxylation is 1. The van der Waals surface area contributed by atoms with Crippen LogP contribution in [0.2, 0.25) is 0 Å². The molecule has 1 saturated heterocycles. The number of anilines is 1. The molecule has 150 valence electrons. The minimum atomic E-state index is -4.75. The number of carbonyl (C=O) groups excluding carboxylic acids is 2. The van der Waals surface area contributed by atoms with Gasteiger partial charge >= 0.3 is 6.18 Å². The summed E-state index contributed by atoms with van der Waals surface area (Å²) in [6.07, 6.45) is -3.79. The van der Waals surface area contributed by atoms with E-state index in [9.17, 15) is 31.5 Å². The Bertz CT molecular complexity index is 940. The Morgan fingerprint density at radius 3 is 2.57 bits per heavy atom. The van der Waals surface area contributed by atoms with E-state index in [1.807, 2.05) is 0 Å². The zero-order chi connectivity index (χ0) is 20.8. The van der Waals surface area contributed by atoms with Crippen molar-refractivity contribution in [2.45, 2.75) is 12.1 Å². The molecule has 2 heterocycles. The predicted octanol–water partition coefficient (Wildman–Crippen LogP) is 2.53. The Morgan fingerprint density at radius 1 is 1.25 bits per heavy atom. The van der Waals surface area contributed by atoms with Crippen LogP contribution >= 0.6 is 0 Å². The molecular formula is C17H15F5N4O2. The molecule has 11 heteroatoms. The maximum absolute atomic E-state index is 13.8. The first-order chi connectivity index (χ1) is 13.0. The third-order valence-corrected chi connectivity index (χ3v) is 4.64. The molecule has 0 radical (unpaired) electrons. The highest BCUT2D eigenvalue weighted by molar-refractivity contribution is 6.08. The zero-order valence-corrected chi connectivity index (χ0v) is 14.7. The van der Waals surface area contributed by atoms with Crippen LogP contribution in [0.4, 0.5) is 27.6 Å². The molecule has 1 fully saturated rings. The molecule has 0 spiro atoms. The molecule has 0 saturated carbocycles. The maximum atomic E-state index is 13.8. The first-order valence-corrected chi connectivity index (χ1v) is 8.11. The van der Waals surface area contributed by atoms with Gasteiger partial charge in [-0.1, -0.05) is 6.07 Å². The lowest BCUT2D eigenvalue weighted by atomic mass is 9.87. The molecule has 1 aromatic heterocycles. The van der Waals surface area contributed by atoms with Gasteiger partial charge in [-0.05, 0) is 12.1 Å². The van der Waals surface area contributed by atoms with E-state index in [2.05, 4.69) is 10.4 Å². The molecule has 1 aromatic carbocycles. The monoisotopic (exact) mass is 402 g/mol. The molecule has 1 aliphatic rings. The lowest BCUT2D eigenvalue weighted by Crippen LogP contribution is -2.33. The average molecular weight is 402 g/mol. The molecule has 2 aromatic rings. The van der Waals surface area contributed by atoms with Gasteiger partial charge in [-0.3, -0.25) is 14.3 Å². The number of nitrogens with zero attached hydrogens (tertiary/aromatic N) is 3. The van der Waals surface area contributed by atoms with E-state index in [0.717, 1.165) is 36.3 Å². The number of carbonyl (C=O) groups is 2. The molecule has 2 unspecified atom stereocenters. The second-order valence-electron chi connectivity index (χ2n) is 6.46. The lowest BCUT2D eigenvalue weighted by molar-refractivity contribution is -0.145. The van der Waals surface area contributed by atoms with Gasteiger partial charge in [0, 0.05) is 32.1 Å². The first-order valence-electron chi connectivity index (χ1n) is 8.11. The van der Waals surface area contributed by atoms with Crippen molar-refractivity contribution < 1.29 is 31.5 Å². The third kappa shape index (κ3) is 3.32. The largest absolute Gasteiger partial charge is 0.433 e. The van der Waals surface area contributed by atoms with Crippen molar-refractivity contribution in [2.75, 3.05) is 18.9 Å². The van der Waals surface area contributed by atoms with Crippen LogP contribution in [0.5, 0.6) is 0 Å². The van der Waals surface area contributed by atoms with Gasteiger partial charge < -0.3 is 10.2 Å². The number of aromatic nitrogens is 2. The molecule has 0 bridgehead atoms. The second-order valence-corrected chi connectivity index (χ2v) is 6.46. The molecular weight excluding hydrogens is 387 g/mol. The van der Waals surface area contributed by atoms with Crippen molar-refractivity contribution in [1.29, 1.82) is 0 Å². The van der Waals surface area contributed by atoms with E-state index in [1.54, 1.807) is 0 Å². The lowest BCUT2D eigenvalue weighted by Gasteiger charge is -2.18. The van der Waals surface area contributed by atoms with Crippen molar-refractivity contribution in [3.8, 4) is 0 Å². The van der Waals surface area contributed by atoms with Crippen LogP contribution in [0.25, 0.3) is 0 Å². The first kappa shape index (κ1) is 19.8. The van der Waals surface area contributed by atoms with E-state index in [1.165, 1.54) is 7.05 Å². The molecule has 2 atom stereocenters.